The summed E-state index contributed by atoms with van der Waals surface area (Å²) in [5.41, 5.74) is 1.88. The number of aromatic nitrogens is 1. The van der Waals surface area contributed by atoms with Crippen LogP contribution in [0.2, 0.25) is 0 Å². The van der Waals surface area contributed by atoms with E-state index in [1.165, 1.54) is 35.2 Å². The molecule has 0 aliphatic heterocycles. The minimum Gasteiger partial charge on any atom is -0.326 e. The van der Waals surface area contributed by atoms with Crippen LogP contribution < -0.4 is 10.6 Å². The van der Waals surface area contributed by atoms with Gasteiger partial charge in [0.05, 0.1) is 15.9 Å². The number of nitro groups is 1. The molecule has 0 bridgehead atoms. The standard InChI is InChI=1S/C24H26N4O4S2/c1-3-5-12-22(29)25-17-9-7-11-19(14-17)34-21(4-2)23(30)27-24-26-20(15-33-24)16-8-6-10-18(13-16)28(31)32/h6-11,13-15,21H,3-5,12H2,1-2H3,(H,25,29)(H,26,27,30). The zero-order valence-corrected chi connectivity index (χ0v) is 20.6. The van der Waals surface area contributed by atoms with E-state index in [1.807, 2.05) is 38.1 Å². The summed E-state index contributed by atoms with van der Waals surface area (Å²) in [4.78, 5) is 40.8. The van der Waals surface area contributed by atoms with Gasteiger partial charge in [0.15, 0.2) is 5.13 Å². The number of unbranched alkanes of at least 4 members (excludes halogenated alkanes) is 1. The Balaban J connectivity index is 1.64. The summed E-state index contributed by atoms with van der Waals surface area (Å²) in [5, 5.41) is 18.6. The van der Waals surface area contributed by atoms with Crippen LogP contribution >= 0.6 is 23.1 Å². The number of amides is 2. The number of nitrogens with zero attached hydrogens (tertiary/aromatic N) is 2. The second kappa shape index (κ2) is 12.3. The smallest absolute Gasteiger partial charge is 0.270 e. The monoisotopic (exact) mass is 498 g/mol. The van der Waals surface area contributed by atoms with Gasteiger partial charge in [0.25, 0.3) is 5.69 Å². The fourth-order valence-corrected chi connectivity index (χ4v) is 4.86. The zero-order valence-electron chi connectivity index (χ0n) is 18.9. The van der Waals surface area contributed by atoms with Crippen LogP contribution in [-0.2, 0) is 9.59 Å². The second-order valence-electron chi connectivity index (χ2n) is 7.53. The van der Waals surface area contributed by atoms with E-state index in [1.54, 1.807) is 17.5 Å². The molecule has 10 heteroatoms. The fraction of sp³-hybridized carbons (Fsp3) is 0.292. The molecule has 1 aromatic heterocycles. The molecule has 1 atom stereocenters. The lowest BCUT2D eigenvalue weighted by Gasteiger charge is -2.14. The molecule has 2 aromatic carbocycles. The van der Waals surface area contributed by atoms with Crippen molar-refractivity contribution in [2.45, 2.75) is 49.7 Å². The molecule has 0 fully saturated rings. The van der Waals surface area contributed by atoms with Gasteiger partial charge >= 0.3 is 0 Å². The Bertz CT molecular complexity index is 1170. The number of nitro benzene ring substituents is 1. The van der Waals surface area contributed by atoms with Gasteiger partial charge in [-0.3, -0.25) is 19.7 Å². The highest BCUT2D eigenvalue weighted by Gasteiger charge is 2.20. The maximum absolute atomic E-state index is 12.9. The van der Waals surface area contributed by atoms with Crippen LogP contribution in [0.15, 0.2) is 58.8 Å². The minimum atomic E-state index is -0.451. The number of carbonyl (C=O) groups is 2. The van der Waals surface area contributed by atoms with Crippen molar-refractivity contribution in [2.75, 3.05) is 10.6 Å². The van der Waals surface area contributed by atoms with Crippen LogP contribution in [0.25, 0.3) is 11.3 Å². The van der Waals surface area contributed by atoms with Crippen molar-refractivity contribution in [3.05, 3.63) is 64.0 Å². The van der Waals surface area contributed by atoms with E-state index in [9.17, 15) is 19.7 Å². The number of carbonyl (C=O) groups excluding carboxylic acids is 2. The molecule has 3 rings (SSSR count). The molecule has 0 saturated heterocycles. The average molecular weight is 499 g/mol. The molecule has 0 radical (unpaired) electrons. The van der Waals surface area contributed by atoms with Gasteiger partial charge in [-0.1, -0.05) is 38.5 Å². The first-order valence-electron chi connectivity index (χ1n) is 11.0. The van der Waals surface area contributed by atoms with Crippen molar-refractivity contribution < 1.29 is 14.5 Å². The van der Waals surface area contributed by atoms with Gasteiger partial charge in [0.1, 0.15) is 0 Å². The normalized spacial score (nSPS) is 11.6. The maximum Gasteiger partial charge on any atom is 0.270 e. The summed E-state index contributed by atoms with van der Waals surface area (Å²) < 4.78 is 0. The summed E-state index contributed by atoms with van der Waals surface area (Å²) in [5.74, 6) is -0.193. The number of benzene rings is 2. The van der Waals surface area contributed by atoms with Crippen molar-refractivity contribution in [3.63, 3.8) is 0 Å². The number of nitrogens with one attached hydrogen (secondary N) is 2. The SMILES string of the molecule is CCCCC(=O)Nc1cccc(SC(CC)C(=O)Nc2nc(-c3cccc([N+](=O)[O-])c3)cs2)c1. The molecule has 1 unspecified atom stereocenters. The first-order chi connectivity index (χ1) is 16.4. The molecule has 1 heterocycles. The largest absolute Gasteiger partial charge is 0.326 e. The van der Waals surface area contributed by atoms with Crippen LogP contribution in [0.4, 0.5) is 16.5 Å². The predicted octanol–water partition coefficient (Wildman–Crippen LogP) is 6.36. The number of hydrogen-bond donors (Lipinski definition) is 2. The van der Waals surface area contributed by atoms with Crippen molar-refractivity contribution in [3.8, 4) is 11.3 Å². The molecule has 178 valence electrons. The van der Waals surface area contributed by atoms with Gasteiger partial charge in [0.2, 0.25) is 11.8 Å². The predicted molar refractivity (Wildman–Crippen MR) is 137 cm³/mol. The van der Waals surface area contributed by atoms with Crippen LogP contribution in [0, 0.1) is 10.1 Å². The summed E-state index contributed by atoms with van der Waals surface area (Å²) >= 11 is 2.69. The van der Waals surface area contributed by atoms with Crippen LogP contribution in [0.3, 0.4) is 0 Å². The Morgan fingerprint density at radius 3 is 2.68 bits per heavy atom. The van der Waals surface area contributed by atoms with E-state index < -0.39 is 4.92 Å². The minimum absolute atomic E-state index is 0.0117. The van der Waals surface area contributed by atoms with Gasteiger partial charge < -0.3 is 10.6 Å². The van der Waals surface area contributed by atoms with E-state index in [2.05, 4.69) is 15.6 Å². The number of thiazole rings is 1. The first-order valence-corrected chi connectivity index (χ1v) is 12.7. The lowest BCUT2D eigenvalue weighted by atomic mass is 10.1. The Labute approximate surface area is 206 Å². The highest BCUT2D eigenvalue weighted by molar-refractivity contribution is 8.00. The quantitative estimate of drug-likeness (QED) is 0.181. The van der Waals surface area contributed by atoms with E-state index in [0.29, 0.717) is 34.9 Å². The van der Waals surface area contributed by atoms with Crippen molar-refractivity contribution in [1.29, 1.82) is 0 Å². The molecular weight excluding hydrogens is 472 g/mol. The summed E-state index contributed by atoms with van der Waals surface area (Å²) in [6, 6.07) is 13.7. The Morgan fingerprint density at radius 1 is 1.15 bits per heavy atom. The third kappa shape index (κ3) is 7.13. The molecule has 0 saturated carbocycles. The molecule has 0 aliphatic carbocycles. The molecule has 2 N–H and O–H groups in total. The molecule has 8 nitrogen and oxygen atoms in total. The molecule has 0 aliphatic rings. The third-order valence-electron chi connectivity index (χ3n) is 4.90. The van der Waals surface area contributed by atoms with E-state index in [-0.39, 0.29) is 22.8 Å². The maximum atomic E-state index is 12.9. The number of anilines is 2. The van der Waals surface area contributed by atoms with Crippen molar-refractivity contribution >= 4 is 51.4 Å². The summed E-state index contributed by atoms with van der Waals surface area (Å²) in [6.07, 6.45) is 2.90. The van der Waals surface area contributed by atoms with E-state index >= 15 is 0 Å². The fourth-order valence-electron chi connectivity index (χ4n) is 3.12. The molecule has 2 amide bonds. The van der Waals surface area contributed by atoms with Gasteiger partial charge in [-0.15, -0.1) is 23.1 Å². The zero-order chi connectivity index (χ0) is 24.5. The molecular formula is C24H26N4O4S2. The second-order valence-corrected chi connectivity index (χ2v) is 9.66. The molecule has 34 heavy (non-hydrogen) atoms. The lowest BCUT2D eigenvalue weighted by Crippen LogP contribution is -2.24. The summed E-state index contributed by atoms with van der Waals surface area (Å²) in [7, 11) is 0. The van der Waals surface area contributed by atoms with E-state index in [0.717, 1.165) is 17.7 Å². The van der Waals surface area contributed by atoms with Gasteiger partial charge in [0, 0.05) is 40.1 Å². The van der Waals surface area contributed by atoms with E-state index in [4.69, 9.17) is 0 Å². The topological polar surface area (TPSA) is 114 Å². The molecule has 0 spiro atoms. The Morgan fingerprint density at radius 2 is 1.94 bits per heavy atom. The highest BCUT2D eigenvalue weighted by atomic mass is 32.2. The number of non-ortho nitro benzene ring substituents is 1. The molecule has 3 aromatic rings. The van der Waals surface area contributed by atoms with Crippen LogP contribution in [0.5, 0.6) is 0 Å². The van der Waals surface area contributed by atoms with Gasteiger partial charge in [-0.25, -0.2) is 4.98 Å². The average Bonchev–Trinajstić information content (AvgIpc) is 3.30. The first kappa shape index (κ1) is 25.4. The highest BCUT2D eigenvalue weighted by Crippen LogP contribution is 2.31. The Kier molecular flexibility index (Phi) is 9.17. The Hall–Kier alpha value is -3.24. The van der Waals surface area contributed by atoms with Crippen molar-refractivity contribution in [1.82, 2.24) is 4.98 Å². The van der Waals surface area contributed by atoms with Gasteiger partial charge in [-0.2, -0.15) is 0 Å². The number of thioether (sulfide) groups is 1. The van der Waals surface area contributed by atoms with Gasteiger partial charge in [-0.05, 0) is 31.0 Å². The third-order valence-corrected chi connectivity index (χ3v) is 7.02. The number of hydrogen-bond acceptors (Lipinski definition) is 7. The van der Waals surface area contributed by atoms with Crippen LogP contribution in [0.1, 0.15) is 39.5 Å². The van der Waals surface area contributed by atoms with Crippen molar-refractivity contribution in [2.24, 2.45) is 0 Å². The number of rotatable bonds is 11. The van der Waals surface area contributed by atoms with Crippen LogP contribution in [-0.4, -0.2) is 27.0 Å². The lowest BCUT2D eigenvalue weighted by molar-refractivity contribution is -0.384. The summed E-state index contributed by atoms with van der Waals surface area (Å²) in [6.45, 7) is 3.98.